The van der Waals surface area contributed by atoms with Crippen LogP contribution in [-0.4, -0.2) is 10.3 Å². The highest BCUT2D eigenvalue weighted by Crippen LogP contribution is 2.78. The third kappa shape index (κ3) is 5.48. The largest absolute Gasteiger partial charge is 0.0880 e. The van der Waals surface area contributed by atoms with Gasteiger partial charge in [0.1, 0.15) is 0 Å². The highest BCUT2D eigenvalue weighted by molar-refractivity contribution is 7.63. The molecule has 8 aromatic carbocycles. The lowest BCUT2D eigenvalue weighted by molar-refractivity contribution is 0.722. The predicted octanol–water partition coefficient (Wildman–Crippen LogP) is 16.0. The van der Waals surface area contributed by atoms with Crippen molar-refractivity contribution in [3.05, 3.63) is 168 Å². The smallest absolute Gasteiger partial charge is 0.0164 e. The summed E-state index contributed by atoms with van der Waals surface area (Å²) in [6, 6.07) is 57.1. The summed E-state index contributed by atoms with van der Waals surface area (Å²) in [6.45, 7) is 15.3. The third-order valence-electron chi connectivity index (χ3n) is 12.4. The summed E-state index contributed by atoms with van der Waals surface area (Å²) in [4.78, 5) is 0. The molecule has 10 rings (SSSR count). The molecule has 266 valence electrons. The Morgan fingerprint density at radius 1 is 0.426 bits per heavy atom. The molecule has 54 heavy (non-hydrogen) atoms. The quantitative estimate of drug-likeness (QED) is 0.147. The second-order valence-electron chi connectivity index (χ2n) is 17.7. The van der Waals surface area contributed by atoms with Crippen LogP contribution in [0.1, 0.15) is 75.1 Å². The zero-order valence-corrected chi connectivity index (χ0v) is 34.1. The molecule has 0 unspecified atom stereocenters. The topological polar surface area (TPSA) is 0 Å². The number of benzene rings is 8. The zero-order chi connectivity index (χ0) is 36.9. The minimum Gasteiger partial charge on any atom is -0.0880 e. The lowest BCUT2D eigenvalue weighted by atomic mass is 9.85. The predicted molar refractivity (Wildman–Crippen MR) is 240 cm³/mol. The van der Waals surface area contributed by atoms with Crippen LogP contribution in [0.5, 0.6) is 0 Å². The molecule has 4 atom stereocenters. The van der Waals surface area contributed by atoms with E-state index in [0.717, 1.165) is 12.3 Å². The Balaban J connectivity index is 1.35. The Labute approximate surface area is 323 Å². The third-order valence-corrected chi connectivity index (χ3v) is 20.0. The molecule has 2 aliphatic rings. The molecule has 0 fully saturated rings. The summed E-state index contributed by atoms with van der Waals surface area (Å²) in [6.07, 6.45) is 2.22. The molecule has 0 nitrogen and oxygen atoms in total. The summed E-state index contributed by atoms with van der Waals surface area (Å²) in [5, 5.41) is 11.1. The number of fused-ring (bicyclic) bond motifs is 10. The fourth-order valence-corrected chi connectivity index (χ4v) is 17.1. The van der Waals surface area contributed by atoms with Gasteiger partial charge in [0, 0.05) is 11.3 Å². The van der Waals surface area contributed by atoms with Crippen molar-refractivity contribution in [1.82, 2.24) is 0 Å². The number of hydrogen-bond acceptors (Lipinski definition) is 0. The van der Waals surface area contributed by atoms with Crippen molar-refractivity contribution < 1.29 is 0 Å². The van der Waals surface area contributed by atoms with Crippen LogP contribution in [0.15, 0.2) is 146 Å². The van der Waals surface area contributed by atoms with Gasteiger partial charge in [0.05, 0.1) is 0 Å². The summed E-state index contributed by atoms with van der Waals surface area (Å²) < 4.78 is 0. The van der Waals surface area contributed by atoms with E-state index in [-0.39, 0.29) is 10.3 Å². The van der Waals surface area contributed by atoms with Crippen molar-refractivity contribution in [1.29, 1.82) is 0 Å². The maximum atomic E-state index is 2.65. The van der Waals surface area contributed by atoms with E-state index < -0.39 is 15.8 Å². The Morgan fingerprint density at radius 3 is 1.61 bits per heavy atom. The van der Waals surface area contributed by atoms with Gasteiger partial charge in [-0.1, -0.05) is 197 Å². The maximum absolute atomic E-state index is 2.65. The molecule has 2 heterocycles. The van der Waals surface area contributed by atoms with Gasteiger partial charge in [0.2, 0.25) is 0 Å². The zero-order valence-electron chi connectivity index (χ0n) is 32.3. The summed E-state index contributed by atoms with van der Waals surface area (Å²) >= 11 is 0. The van der Waals surface area contributed by atoms with Crippen molar-refractivity contribution in [2.24, 2.45) is 0 Å². The van der Waals surface area contributed by atoms with Gasteiger partial charge >= 0.3 is 0 Å². The van der Waals surface area contributed by atoms with Gasteiger partial charge < -0.3 is 0 Å². The molecule has 0 saturated carbocycles. The number of hydrogen-bond donors (Lipinski definition) is 0. The van der Waals surface area contributed by atoms with E-state index in [1.807, 2.05) is 0 Å². The maximum Gasteiger partial charge on any atom is 0.0164 e. The van der Waals surface area contributed by atoms with E-state index in [1.54, 1.807) is 5.56 Å². The van der Waals surface area contributed by atoms with Crippen LogP contribution in [-0.2, 0) is 12.3 Å². The van der Waals surface area contributed by atoms with Gasteiger partial charge in [-0.3, -0.25) is 0 Å². The average molecular weight is 735 g/mol. The monoisotopic (exact) mass is 734 g/mol. The second kappa shape index (κ2) is 12.6. The molecular formula is C52H48P2. The molecular weight excluding hydrogens is 687 g/mol. The molecule has 8 aromatic rings. The van der Waals surface area contributed by atoms with E-state index in [2.05, 4.69) is 187 Å². The van der Waals surface area contributed by atoms with Crippen LogP contribution < -0.4 is 0 Å². The van der Waals surface area contributed by atoms with Crippen LogP contribution in [0.4, 0.5) is 0 Å². The summed E-state index contributed by atoms with van der Waals surface area (Å²) in [5.41, 5.74) is 12.5. The van der Waals surface area contributed by atoms with Crippen molar-refractivity contribution in [3.8, 4) is 22.3 Å². The molecule has 2 aliphatic heterocycles. The fourth-order valence-electron chi connectivity index (χ4n) is 9.85. The first-order valence-electron chi connectivity index (χ1n) is 19.7. The highest BCUT2D eigenvalue weighted by Gasteiger charge is 2.47. The normalized spacial score (nSPS) is 19.9. The minimum atomic E-state index is -0.580. The number of rotatable bonds is 1. The first kappa shape index (κ1) is 34.2. The lowest BCUT2D eigenvalue weighted by Crippen LogP contribution is -2.25. The molecule has 0 saturated heterocycles. The van der Waals surface area contributed by atoms with Gasteiger partial charge in [0.15, 0.2) is 0 Å². The van der Waals surface area contributed by atoms with Crippen LogP contribution in [0.2, 0.25) is 0 Å². The van der Waals surface area contributed by atoms with Gasteiger partial charge in [-0.25, -0.2) is 0 Å². The average Bonchev–Trinajstić information content (AvgIpc) is 3.33. The van der Waals surface area contributed by atoms with Gasteiger partial charge in [-0.2, -0.15) is 0 Å². The van der Waals surface area contributed by atoms with Crippen LogP contribution in [0.25, 0.3) is 65.3 Å². The lowest BCUT2D eigenvalue weighted by Gasteiger charge is -2.48. The van der Waals surface area contributed by atoms with E-state index in [4.69, 9.17) is 0 Å². The SMILES string of the molecule is CC(C)(C)[P@]1Cc2ccc3cccc(c3c2)-c2cccc3ccc(cc23)[C@@H]1[C@H]1c2ccc3ccccc3c2-c2c(ccc3ccccc23)C[P@@]1C(C)(C)C. The summed E-state index contributed by atoms with van der Waals surface area (Å²) in [5.74, 6) is 0. The Kier molecular flexibility index (Phi) is 7.97. The molecule has 0 aromatic heterocycles. The van der Waals surface area contributed by atoms with Crippen molar-refractivity contribution in [2.75, 3.05) is 0 Å². The standard InChI is InChI=1S/C52H48P2/c1-51(2,3)53-31-33-21-22-36-15-11-19-42(45(36)29-33)43-20-12-16-37-23-25-38(30-46(37)43)49(53)50-44-28-27-35-14-8-10-18-41(35)48(44)47-39(32-54(50)52(4,5)6)26-24-34-13-7-9-17-40(34)47/h7-30,49-50H,31-32H2,1-6H3/t49-,50-,53-,54-/m1/s1. The van der Waals surface area contributed by atoms with Crippen LogP contribution >= 0.6 is 15.8 Å². The molecule has 0 radical (unpaired) electrons. The second-order valence-corrected chi connectivity index (χ2v) is 24.0. The van der Waals surface area contributed by atoms with Crippen molar-refractivity contribution in [3.63, 3.8) is 0 Å². The van der Waals surface area contributed by atoms with Crippen LogP contribution in [0.3, 0.4) is 0 Å². The Bertz CT molecular complexity index is 2780. The molecule has 0 N–H and O–H groups in total. The van der Waals surface area contributed by atoms with Gasteiger partial charge in [0.25, 0.3) is 0 Å². The molecule has 0 amide bonds. The molecule has 0 spiro atoms. The van der Waals surface area contributed by atoms with Gasteiger partial charge in [-0.15, -0.1) is 0 Å². The van der Waals surface area contributed by atoms with Crippen molar-refractivity contribution in [2.45, 2.75) is 75.5 Å². The summed E-state index contributed by atoms with van der Waals surface area (Å²) in [7, 11) is -1.13. The van der Waals surface area contributed by atoms with Crippen molar-refractivity contribution >= 4 is 58.9 Å². The first-order valence-corrected chi connectivity index (χ1v) is 22.8. The molecule has 0 aliphatic carbocycles. The van der Waals surface area contributed by atoms with Gasteiger partial charge in [-0.05, 0) is 116 Å². The van der Waals surface area contributed by atoms with E-state index >= 15 is 0 Å². The molecule has 2 heteroatoms. The Morgan fingerprint density at radius 2 is 0.944 bits per heavy atom. The highest BCUT2D eigenvalue weighted by atomic mass is 31.1. The minimum absolute atomic E-state index is 0.110. The van der Waals surface area contributed by atoms with E-state index in [9.17, 15) is 0 Å². The van der Waals surface area contributed by atoms with E-state index in [1.165, 1.54) is 82.0 Å². The fraction of sp³-hybridized carbons (Fsp3) is 0.231. The molecule has 4 bridgehead atoms. The van der Waals surface area contributed by atoms with E-state index in [0.29, 0.717) is 11.3 Å². The first-order chi connectivity index (χ1) is 26.0. The Hall–Kier alpha value is -4.34. The van der Waals surface area contributed by atoms with Crippen LogP contribution in [0, 0.1) is 0 Å².